The van der Waals surface area contributed by atoms with Gasteiger partial charge in [0.15, 0.2) is 12.1 Å². The van der Waals surface area contributed by atoms with Gasteiger partial charge in [-0.1, -0.05) is 48.9 Å². The van der Waals surface area contributed by atoms with Gasteiger partial charge in [0, 0.05) is 25.2 Å². The number of likely N-dealkylation sites (tertiary alicyclic amines) is 1. The molecule has 2 aromatic rings. The number of hydrogen-bond donors (Lipinski definition) is 1. The van der Waals surface area contributed by atoms with Crippen molar-refractivity contribution in [3.05, 3.63) is 65.2 Å². The molecular weight excluding hydrogens is 406 g/mol. The Morgan fingerprint density at radius 3 is 2.50 bits per heavy atom. The van der Waals surface area contributed by atoms with E-state index < -0.39 is 18.2 Å². The van der Waals surface area contributed by atoms with Crippen molar-refractivity contribution in [3.63, 3.8) is 0 Å². The number of ether oxygens (including phenoxy) is 1. The van der Waals surface area contributed by atoms with E-state index >= 15 is 0 Å². The number of carbonyl (C=O) groups excluding carboxylic acids is 3. The SMILES string of the molecule is CCC(=O)Nc1cccc(C2OC(=O)N(Cc3ccc(C)cc3)C2C(=O)N2CCCC2)c1. The molecule has 0 spiro atoms. The summed E-state index contributed by atoms with van der Waals surface area (Å²) in [5.41, 5.74) is 3.38. The Morgan fingerprint density at radius 2 is 1.81 bits per heavy atom. The predicted molar refractivity (Wildman–Crippen MR) is 121 cm³/mol. The van der Waals surface area contributed by atoms with E-state index in [1.807, 2.05) is 42.2 Å². The maximum Gasteiger partial charge on any atom is 0.411 e. The standard InChI is InChI=1S/C25H29N3O4/c1-3-21(29)26-20-8-6-7-19(15-20)23-22(24(30)27-13-4-5-14-27)28(25(31)32-23)16-18-11-9-17(2)10-12-18/h6-12,15,22-23H,3-5,13-14,16H2,1-2H3,(H,26,29). The highest BCUT2D eigenvalue weighted by Crippen LogP contribution is 2.36. The van der Waals surface area contributed by atoms with Crippen LogP contribution in [0.1, 0.15) is 49.0 Å². The first-order valence-electron chi connectivity index (χ1n) is 11.2. The fourth-order valence-corrected chi connectivity index (χ4v) is 4.25. The molecule has 2 atom stereocenters. The van der Waals surface area contributed by atoms with E-state index in [2.05, 4.69) is 5.32 Å². The number of nitrogens with zero attached hydrogens (tertiary/aromatic N) is 2. The summed E-state index contributed by atoms with van der Waals surface area (Å²) >= 11 is 0. The average molecular weight is 436 g/mol. The minimum absolute atomic E-state index is 0.0894. The second kappa shape index (κ2) is 9.42. The molecular formula is C25H29N3O4. The summed E-state index contributed by atoms with van der Waals surface area (Å²) in [7, 11) is 0. The lowest BCUT2D eigenvalue weighted by Gasteiger charge is -2.28. The molecule has 168 valence electrons. The molecule has 2 fully saturated rings. The third-order valence-electron chi connectivity index (χ3n) is 6.05. The zero-order valence-corrected chi connectivity index (χ0v) is 18.5. The molecule has 2 saturated heterocycles. The lowest BCUT2D eigenvalue weighted by Crippen LogP contribution is -2.47. The van der Waals surface area contributed by atoms with Crippen molar-refractivity contribution in [1.29, 1.82) is 0 Å². The molecule has 2 aromatic carbocycles. The Morgan fingerprint density at radius 1 is 1.09 bits per heavy atom. The second-order valence-corrected chi connectivity index (χ2v) is 8.42. The van der Waals surface area contributed by atoms with Gasteiger partial charge < -0.3 is 15.0 Å². The van der Waals surface area contributed by atoms with Gasteiger partial charge in [0.25, 0.3) is 0 Å². The number of aryl methyl sites for hydroxylation is 1. The monoisotopic (exact) mass is 435 g/mol. The molecule has 4 rings (SSSR count). The van der Waals surface area contributed by atoms with Crippen LogP contribution in [-0.2, 0) is 20.9 Å². The van der Waals surface area contributed by atoms with E-state index in [9.17, 15) is 14.4 Å². The number of rotatable bonds is 6. The van der Waals surface area contributed by atoms with Gasteiger partial charge in [0.05, 0.1) is 6.54 Å². The van der Waals surface area contributed by atoms with E-state index in [1.165, 1.54) is 4.90 Å². The maximum absolute atomic E-state index is 13.5. The Labute approximate surface area is 188 Å². The molecule has 0 saturated carbocycles. The first-order valence-corrected chi connectivity index (χ1v) is 11.2. The molecule has 7 nitrogen and oxygen atoms in total. The quantitative estimate of drug-likeness (QED) is 0.743. The molecule has 2 heterocycles. The van der Waals surface area contributed by atoms with Gasteiger partial charge >= 0.3 is 6.09 Å². The molecule has 2 unspecified atom stereocenters. The molecule has 0 aliphatic carbocycles. The van der Waals surface area contributed by atoms with Gasteiger partial charge in [-0.3, -0.25) is 14.5 Å². The van der Waals surface area contributed by atoms with E-state index in [4.69, 9.17) is 4.74 Å². The van der Waals surface area contributed by atoms with Crippen LogP contribution in [0.4, 0.5) is 10.5 Å². The van der Waals surface area contributed by atoms with Crippen LogP contribution < -0.4 is 5.32 Å². The molecule has 7 heteroatoms. The Balaban J connectivity index is 1.65. The summed E-state index contributed by atoms with van der Waals surface area (Å²) in [6, 6.07) is 14.4. The highest BCUT2D eigenvalue weighted by atomic mass is 16.6. The third-order valence-corrected chi connectivity index (χ3v) is 6.05. The highest BCUT2D eigenvalue weighted by molar-refractivity contribution is 5.91. The molecule has 2 aliphatic rings. The predicted octanol–water partition coefficient (Wildman–Crippen LogP) is 4.03. The van der Waals surface area contributed by atoms with Gasteiger partial charge in [-0.15, -0.1) is 0 Å². The lowest BCUT2D eigenvalue weighted by atomic mass is 9.99. The van der Waals surface area contributed by atoms with E-state index in [-0.39, 0.29) is 11.8 Å². The van der Waals surface area contributed by atoms with Crippen LogP contribution in [0, 0.1) is 6.92 Å². The van der Waals surface area contributed by atoms with Crippen LogP contribution in [0.15, 0.2) is 48.5 Å². The molecule has 3 amide bonds. The summed E-state index contributed by atoms with van der Waals surface area (Å²) in [6.45, 7) is 5.48. The number of hydrogen-bond acceptors (Lipinski definition) is 4. The van der Waals surface area contributed by atoms with E-state index in [0.29, 0.717) is 37.3 Å². The van der Waals surface area contributed by atoms with Crippen LogP contribution in [0.2, 0.25) is 0 Å². The fraction of sp³-hybridized carbons (Fsp3) is 0.400. The van der Waals surface area contributed by atoms with Gasteiger partial charge in [0.2, 0.25) is 11.8 Å². The molecule has 0 radical (unpaired) electrons. The molecule has 0 bridgehead atoms. The number of cyclic esters (lactones) is 1. The highest BCUT2D eigenvalue weighted by Gasteiger charge is 2.48. The van der Waals surface area contributed by atoms with Crippen LogP contribution in [0.3, 0.4) is 0 Å². The van der Waals surface area contributed by atoms with Crippen molar-refractivity contribution in [1.82, 2.24) is 9.80 Å². The van der Waals surface area contributed by atoms with Gasteiger partial charge in [-0.05, 0) is 43.0 Å². The molecule has 32 heavy (non-hydrogen) atoms. The van der Waals surface area contributed by atoms with Crippen molar-refractivity contribution >= 4 is 23.6 Å². The number of amides is 3. The smallest absolute Gasteiger partial charge is 0.411 e. The minimum atomic E-state index is -0.751. The van der Waals surface area contributed by atoms with Crippen LogP contribution in [0.5, 0.6) is 0 Å². The first-order chi connectivity index (χ1) is 15.5. The van der Waals surface area contributed by atoms with Crippen LogP contribution in [-0.4, -0.2) is 46.8 Å². The largest absolute Gasteiger partial charge is 0.438 e. The van der Waals surface area contributed by atoms with Crippen LogP contribution >= 0.6 is 0 Å². The van der Waals surface area contributed by atoms with Gasteiger partial charge in [0.1, 0.15) is 0 Å². The van der Waals surface area contributed by atoms with Crippen molar-refractivity contribution in [2.24, 2.45) is 0 Å². The van der Waals surface area contributed by atoms with Crippen molar-refractivity contribution in [2.75, 3.05) is 18.4 Å². The average Bonchev–Trinajstić information content (AvgIpc) is 3.44. The number of benzene rings is 2. The van der Waals surface area contributed by atoms with E-state index in [0.717, 1.165) is 24.0 Å². The zero-order valence-electron chi connectivity index (χ0n) is 18.5. The van der Waals surface area contributed by atoms with Crippen molar-refractivity contribution in [3.8, 4) is 0 Å². The minimum Gasteiger partial charge on any atom is -0.438 e. The molecule has 1 N–H and O–H groups in total. The third kappa shape index (κ3) is 4.61. The molecule has 2 aliphatic heterocycles. The Hall–Kier alpha value is -3.35. The molecule has 0 aromatic heterocycles. The van der Waals surface area contributed by atoms with Gasteiger partial charge in [-0.25, -0.2) is 4.79 Å². The normalized spacial score (nSPS) is 20.4. The summed E-state index contributed by atoms with van der Waals surface area (Å²) in [6.07, 6.45) is 1.06. The van der Waals surface area contributed by atoms with E-state index in [1.54, 1.807) is 25.1 Å². The van der Waals surface area contributed by atoms with Crippen LogP contribution in [0.25, 0.3) is 0 Å². The fourth-order valence-electron chi connectivity index (χ4n) is 4.25. The lowest BCUT2D eigenvalue weighted by molar-refractivity contribution is -0.135. The maximum atomic E-state index is 13.5. The summed E-state index contributed by atoms with van der Waals surface area (Å²) in [5.74, 6) is -0.190. The summed E-state index contributed by atoms with van der Waals surface area (Å²) < 4.78 is 5.76. The van der Waals surface area contributed by atoms with Crippen molar-refractivity contribution in [2.45, 2.75) is 51.8 Å². The summed E-state index contributed by atoms with van der Waals surface area (Å²) in [5, 5.41) is 2.83. The van der Waals surface area contributed by atoms with Crippen molar-refractivity contribution < 1.29 is 19.1 Å². The number of nitrogens with one attached hydrogen (secondary N) is 1. The van der Waals surface area contributed by atoms with Gasteiger partial charge in [-0.2, -0.15) is 0 Å². The topological polar surface area (TPSA) is 79.0 Å². The zero-order chi connectivity index (χ0) is 22.7. The summed E-state index contributed by atoms with van der Waals surface area (Å²) in [4.78, 5) is 41.6. The number of carbonyl (C=O) groups is 3. The Kier molecular flexibility index (Phi) is 6.44. The second-order valence-electron chi connectivity index (χ2n) is 8.42. The first kappa shape index (κ1) is 21.9. The number of anilines is 1. The Bertz CT molecular complexity index is 999.